The summed E-state index contributed by atoms with van der Waals surface area (Å²) in [6.45, 7) is 4.68. The Balaban J connectivity index is 2.20. The molecule has 0 atom stereocenters. The Hall–Kier alpha value is -2.58. The molecule has 1 aromatic carbocycles. The summed E-state index contributed by atoms with van der Waals surface area (Å²) >= 11 is 0. The van der Waals surface area contributed by atoms with E-state index in [1.54, 1.807) is 23.1 Å². The second-order valence-corrected chi connectivity index (χ2v) is 5.20. The summed E-state index contributed by atoms with van der Waals surface area (Å²) in [5, 5.41) is 9.09. The first-order valence-electron chi connectivity index (χ1n) is 6.75. The topological polar surface area (TPSA) is 57.6 Å². The molecule has 4 nitrogen and oxygen atoms in total. The number of carboxylic acid groups (broad SMARTS) is 1. The maximum absolute atomic E-state index is 11.1. The fraction of sp³-hybridized carbons (Fsp3) is 0.235. The molecule has 1 aliphatic rings. The molecule has 0 unspecified atom stereocenters. The Morgan fingerprint density at radius 2 is 1.95 bits per heavy atom. The molecule has 21 heavy (non-hydrogen) atoms. The number of nitrogens with zero attached hydrogens (tertiary/aromatic N) is 1. The first-order chi connectivity index (χ1) is 10.0. The van der Waals surface area contributed by atoms with Crippen LogP contribution < -0.4 is 0 Å². The molecular weight excluding hydrogens is 266 g/mol. The van der Waals surface area contributed by atoms with E-state index in [1.807, 2.05) is 24.3 Å². The summed E-state index contributed by atoms with van der Waals surface area (Å²) in [5.41, 5.74) is 2.26. The number of carbonyl (C=O) groups is 1. The third-order valence-corrected chi connectivity index (χ3v) is 3.40. The maximum atomic E-state index is 11.1. The lowest BCUT2D eigenvalue weighted by molar-refractivity contribution is -0.132. The second-order valence-electron chi connectivity index (χ2n) is 5.20. The van der Waals surface area contributed by atoms with Crippen molar-refractivity contribution in [2.24, 2.45) is 0 Å². The van der Waals surface area contributed by atoms with Crippen LogP contribution in [0.3, 0.4) is 0 Å². The molecule has 4 heteroatoms. The molecule has 1 aliphatic heterocycles. The number of carboxylic acids is 1. The van der Waals surface area contributed by atoms with Gasteiger partial charge >= 0.3 is 5.97 Å². The van der Waals surface area contributed by atoms with Crippen LogP contribution in [0.2, 0.25) is 0 Å². The molecule has 2 rings (SSSR count). The third kappa shape index (κ3) is 3.30. The molecule has 1 aromatic rings. The minimum absolute atomic E-state index is 0.0358. The number of carbonyl (C=O) groups excluding carboxylic acids is 1. The van der Waals surface area contributed by atoms with Gasteiger partial charge in [0.25, 0.3) is 0 Å². The Morgan fingerprint density at radius 3 is 2.48 bits per heavy atom. The first-order valence-corrected chi connectivity index (χ1v) is 6.75. The minimum Gasteiger partial charge on any atom is -0.478 e. The van der Waals surface area contributed by atoms with Crippen molar-refractivity contribution in [1.29, 1.82) is 0 Å². The van der Waals surface area contributed by atoms with Crippen LogP contribution in [0.1, 0.15) is 30.9 Å². The van der Waals surface area contributed by atoms with Crippen molar-refractivity contribution < 1.29 is 14.7 Å². The molecule has 1 heterocycles. The largest absolute Gasteiger partial charge is 0.478 e. The SMILES string of the molecule is CC(C)c1ccc(CN2C=CC=C(C(=O)O)C2=C=O)cc1. The van der Waals surface area contributed by atoms with Crippen molar-refractivity contribution in [2.45, 2.75) is 26.3 Å². The number of aliphatic carboxylic acids is 1. The van der Waals surface area contributed by atoms with Gasteiger partial charge < -0.3 is 10.0 Å². The van der Waals surface area contributed by atoms with Crippen LogP contribution in [0.4, 0.5) is 0 Å². The second kappa shape index (κ2) is 6.25. The summed E-state index contributed by atoms with van der Waals surface area (Å²) in [4.78, 5) is 23.8. The average molecular weight is 283 g/mol. The number of benzene rings is 1. The Labute approximate surface area is 123 Å². The average Bonchev–Trinajstić information content (AvgIpc) is 2.47. The highest BCUT2D eigenvalue weighted by molar-refractivity contribution is 5.95. The molecule has 0 amide bonds. The molecule has 108 valence electrons. The molecule has 0 spiro atoms. The van der Waals surface area contributed by atoms with Gasteiger partial charge in [0, 0.05) is 12.7 Å². The lowest BCUT2D eigenvalue weighted by Gasteiger charge is -2.23. The fourth-order valence-corrected chi connectivity index (χ4v) is 2.17. The lowest BCUT2D eigenvalue weighted by Crippen LogP contribution is -2.23. The van der Waals surface area contributed by atoms with Crippen molar-refractivity contribution in [3.05, 3.63) is 65.0 Å². The zero-order chi connectivity index (χ0) is 15.4. The molecule has 0 aliphatic carbocycles. The Bertz CT molecular complexity index is 647. The Morgan fingerprint density at radius 1 is 1.29 bits per heavy atom. The predicted molar refractivity (Wildman–Crippen MR) is 80.1 cm³/mol. The maximum Gasteiger partial charge on any atom is 0.338 e. The highest BCUT2D eigenvalue weighted by Crippen LogP contribution is 2.22. The molecule has 0 fully saturated rings. The van der Waals surface area contributed by atoms with E-state index in [-0.39, 0.29) is 11.3 Å². The van der Waals surface area contributed by atoms with Gasteiger partial charge in [0.2, 0.25) is 0 Å². The number of allylic oxidation sites excluding steroid dienone is 2. The van der Waals surface area contributed by atoms with E-state index in [2.05, 4.69) is 13.8 Å². The van der Waals surface area contributed by atoms with Gasteiger partial charge in [-0.05, 0) is 29.2 Å². The lowest BCUT2D eigenvalue weighted by atomic mass is 10.0. The van der Waals surface area contributed by atoms with Crippen molar-refractivity contribution in [2.75, 3.05) is 0 Å². The molecule has 0 bridgehead atoms. The normalized spacial score (nSPS) is 14.1. The summed E-state index contributed by atoms with van der Waals surface area (Å²) in [6.07, 6.45) is 4.71. The van der Waals surface area contributed by atoms with Gasteiger partial charge in [-0.3, -0.25) is 0 Å². The summed E-state index contributed by atoms with van der Waals surface area (Å²) in [5.74, 6) is 1.06. The highest BCUT2D eigenvalue weighted by atomic mass is 16.4. The Kier molecular flexibility index (Phi) is 4.41. The van der Waals surface area contributed by atoms with Gasteiger partial charge in [0.1, 0.15) is 5.70 Å². The van der Waals surface area contributed by atoms with Crippen molar-refractivity contribution in [3.8, 4) is 0 Å². The standard InChI is InChI=1S/C17H17NO3/c1-12(2)14-7-5-13(6-8-14)10-18-9-3-4-15(17(20)21)16(18)11-19/h3-9,12H,10H2,1-2H3,(H,20,21). The van der Waals surface area contributed by atoms with Gasteiger partial charge in [0.05, 0.1) is 5.57 Å². The van der Waals surface area contributed by atoms with Crippen LogP contribution in [0.5, 0.6) is 0 Å². The molecule has 0 aromatic heterocycles. The zero-order valence-corrected chi connectivity index (χ0v) is 12.0. The molecule has 0 saturated carbocycles. The van der Waals surface area contributed by atoms with Crippen molar-refractivity contribution in [3.63, 3.8) is 0 Å². The van der Waals surface area contributed by atoms with E-state index in [9.17, 15) is 9.59 Å². The smallest absolute Gasteiger partial charge is 0.338 e. The number of hydrogen-bond donors (Lipinski definition) is 1. The number of rotatable bonds is 4. The van der Waals surface area contributed by atoms with Crippen LogP contribution in [0.15, 0.2) is 53.9 Å². The van der Waals surface area contributed by atoms with E-state index in [0.29, 0.717) is 12.5 Å². The van der Waals surface area contributed by atoms with E-state index in [4.69, 9.17) is 5.11 Å². The summed E-state index contributed by atoms with van der Waals surface area (Å²) < 4.78 is 0. The minimum atomic E-state index is -1.13. The monoisotopic (exact) mass is 283 g/mol. The predicted octanol–water partition coefficient (Wildman–Crippen LogP) is 2.87. The van der Waals surface area contributed by atoms with E-state index in [0.717, 1.165) is 5.56 Å². The van der Waals surface area contributed by atoms with Crippen LogP contribution in [0.25, 0.3) is 0 Å². The van der Waals surface area contributed by atoms with Gasteiger partial charge in [-0.1, -0.05) is 38.1 Å². The number of hydrogen-bond acceptors (Lipinski definition) is 3. The molecular formula is C17H17NO3. The van der Waals surface area contributed by atoms with E-state index in [1.165, 1.54) is 11.6 Å². The highest BCUT2D eigenvalue weighted by Gasteiger charge is 2.21. The van der Waals surface area contributed by atoms with Crippen molar-refractivity contribution in [1.82, 2.24) is 4.90 Å². The third-order valence-electron chi connectivity index (χ3n) is 3.40. The molecule has 0 radical (unpaired) electrons. The van der Waals surface area contributed by atoms with Crippen molar-refractivity contribution >= 4 is 11.9 Å². The van der Waals surface area contributed by atoms with E-state index < -0.39 is 5.97 Å². The van der Waals surface area contributed by atoms with Gasteiger partial charge in [-0.25, -0.2) is 9.59 Å². The van der Waals surface area contributed by atoms with E-state index >= 15 is 0 Å². The first kappa shape index (κ1) is 14.8. The molecule has 1 N–H and O–H groups in total. The van der Waals surface area contributed by atoms with Gasteiger partial charge in [0.15, 0.2) is 5.94 Å². The van der Waals surface area contributed by atoms with Crippen LogP contribution in [-0.4, -0.2) is 21.9 Å². The van der Waals surface area contributed by atoms with Crippen LogP contribution in [-0.2, 0) is 16.1 Å². The van der Waals surface area contributed by atoms with Crippen LogP contribution >= 0.6 is 0 Å². The molecule has 0 saturated heterocycles. The summed E-state index contributed by atoms with van der Waals surface area (Å²) in [7, 11) is 0. The van der Waals surface area contributed by atoms with Gasteiger partial charge in [-0.2, -0.15) is 0 Å². The summed E-state index contributed by atoms with van der Waals surface area (Å²) in [6, 6.07) is 8.08. The van der Waals surface area contributed by atoms with Gasteiger partial charge in [-0.15, -0.1) is 0 Å². The quantitative estimate of drug-likeness (QED) is 0.863. The fourth-order valence-electron chi connectivity index (χ4n) is 2.17. The zero-order valence-electron chi connectivity index (χ0n) is 12.0. The van der Waals surface area contributed by atoms with Crippen LogP contribution in [0, 0.1) is 0 Å².